The van der Waals surface area contributed by atoms with E-state index in [2.05, 4.69) is 105 Å². The van der Waals surface area contributed by atoms with E-state index in [0.717, 1.165) is 6.54 Å². The number of halogens is 1. The summed E-state index contributed by atoms with van der Waals surface area (Å²) in [7, 11) is 0. The lowest BCUT2D eigenvalue weighted by Crippen LogP contribution is -3.00. The van der Waals surface area contributed by atoms with Crippen LogP contribution >= 0.6 is 0 Å². The van der Waals surface area contributed by atoms with Crippen LogP contribution in [0.5, 0.6) is 0 Å². The Kier molecular flexibility index (Phi) is 5.76. The van der Waals surface area contributed by atoms with Crippen molar-refractivity contribution < 1.29 is 21.5 Å². The molecule has 0 aliphatic carbocycles. The van der Waals surface area contributed by atoms with Crippen molar-refractivity contribution in [3.63, 3.8) is 0 Å². The molecular weight excluding hydrogens is 408 g/mol. The number of aryl methyl sites for hydroxylation is 5. The Bertz CT molecular complexity index is 1120. The average molecular weight is 435 g/mol. The van der Waals surface area contributed by atoms with Gasteiger partial charge in [-0.2, -0.15) is 4.57 Å². The average Bonchev–Trinajstić information content (AvgIpc) is 2.93. The SMILES string of the molecule is Cc1cc(C)c(-n2c[n+](Cc3ccccc3)c3c(C)cc(C)cc32)c(C)c1.[Br-]. The molecule has 0 aliphatic heterocycles. The Balaban J connectivity index is 0.00000225. The van der Waals surface area contributed by atoms with Crippen LogP contribution in [0.2, 0.25) is 0 Å². The van der Waals surface area contributed by atoms with Gasteiger partial charge in [0.1, 0.15) is 12.2 Å². The number of hydrogen-bond acceptors (Lipinski definition) is 0. The van der Waals surface area contributed by atoms with Crippen LogP contribution in [-0.2, 0) is 6.54 Å². The molecule has 4 aromatic rings. The predicted molar refractivity (Wildman–Crippen MR) is 113 cm³/mol. The standard InChI is InChI=1S/C25H27N2.BrH/c1-17-11-19(3)24(20(4)12-17)27-16-26(15-22-9-7-6-8-10-22)25-21(5)13-18(2)14-23(25)27;/h6-14,16H,15H2,1-5H3;1H/q+1;/p-1. The highest BCUT2D eigenvalue weighted by Gasteiger charge is 2.22. The normalized spacial score (nSPS) is 10.9. The van der Waals surface area contributed by atoms with Gasteiger partial charge >= 0.3 is 0 Å². The van der Waals surface area contributed by atoms with E-state index in [1.807, 2.05) is 0 Å². The van der Waals surface area contributed by atoms with Crippen molar-refractivity contribution in [2.24, 2.45) is 0 Å². The maximum absolute atomic E-state index is 2.39. The molecule has 0 amide bonds. The molecule has 28 heavy (non-hydrogen) atoms. The predicted octanol–water partition coefficient (Wildman–Crippen LogP) is 2.51. The lowest BCUT2D eigenvalue weighted by atomic mass is 10.0. The molecule has 0 bridgehead atoms. The first-order valence-electron chi connectivity index (χ1n) is 9.58. The molecule has 4 rings (SSSR count). The van der Waals surface area contributed by atoms with Gasteiger partial charge in [-0.15, -0.1) is 0 Å². The van der Waals surface area contributed by atoms with Crippen LogP contribution in [0.4, 0.5) is 0 Å². The van der Waals surface area contributed by atoms with Crippen LogP contribution in [-0.4, -0.2) is 4.57 Å². The first-order chi connectivity index (χ1) is 12.9. The molecule has 0 unspecified atom stereocenters. The summed E-state index contributed by atoms with van der Waals surface area (Å²) in [5, 5.41) is 0. The van der Waals surface area contributed by atoms with E-state index in [4.69, 9.17) is 0 Å². The minimum Gasteiger partial charge on any atom is -1.00 e. The fourth-order valence-electron chi connectivity index (χ4n) is 4.38. The zero-order valence-electron chi connectivity index (χ0n) is 17.3. The molecule has 0 spiro atoms. The summed E-state index contributed by atoms with van der Waals surface area (Å²) in [6, 6.07) is 19.8. The molecule has 3 aromatic carbocycles. The second-order valence-electron chi connectivity index (χ2n) is 7.80. The van der Waals surface area contributed by atoms with Gasteiger partial charge in [-0.1, -0.05) is 54.1 Å². The molecule has 1 heterocycles. The van der Waals surface area contributed by atoms with Crippen molar-refractivity contribution in [2.75, 3.05) is 0 Å². The number of hydrogen-bond donors (Lipinski definition) is 0. The summed E-state index contributed by atoms with van der Waals surface area (Å²) in [5.41, 5.74) is 11.8. The van der Waals surface area contributed by atoms with Gasteiger partial charge in [0, 0.05) is 5.56 Å². The topological polar surface area (TPSA) is 8.81 Å². The molecule has 1 aromatic heterocycles. The van der Waals surface area contributed by atoms with Gasteiger partial charge in [-0.3, -0.25) is 0 Å². The molecule has 0 aliphatic rings. The number of imidazole rings is 1. The minimum absolute atomic E-state index is 0. The van der Waals surface area contributed by atoms with Crippen molar-refractivity contribution in [1.82, 2.24) is 4.57 Å². The lowest BCUT2D eigenvalue weighted by Gasteiger charge is -2.08. The van der Waals surface area contributed by atoms with Crippen LogP contribution in [0.15, 0.2) is 60.9 Å². The van der Waals surface area contributed by atoms with Crippen molar-refractivity contribution >= 4 is 11.0 Å². The van der Waals surface area contributed by atoms with Gasteiger partial charge in [-0.25, -0.2) is 4.57 Å². The van der Waals surface area contributed by atoms with E-state index in [1.165, 1.54) is 50.1 Å². The molecular formula is C25H27BrN2. The second kappa shape index (κ2) is 7.92. The van der Waals surface area contributed by atoms with Gasteiger partial charge in [0.15, 0.2) is 11.0 Å². The first kappa shape index (κ1) is 20.3. The Hall–Kier alpha value is -2.39. The number of rotatable bonds is 3. The molecule has 0 radical (unpaired) electrons. The first-order valence-corrected chi connectivity index (χ1v) is 9.58. The Morgan fingerprint density at radius 1 is 0.750 bits per heavy atom. The van der Waals surface area contributed by atoms with Crippen LogP contribution < -0.4 is 21.5 Å². The highest BCUT2D eigenvalue weighted by atomic mass is 79.9. The van der Waals surface area contributed by atoms with Crippen LogP contribution in [0.1, 0.15) is 33.4 Å². The highest BCUT2D eigenvalue weighted by molar-refractivity contribution is 5.79. The molecule has 3 heteroatoms. The Morgan fingerprint density at radius 3 is 1.96 bits per heavy atom. The van der Waals surface area contributed by atoms with Gasteiger partial charge in [0.25, 0.3) is 0 Å². The highest BCUT2D eigenvalue weighted by Crippen LogP contribution is 2.27. The van der Waals surface area contributed by atoms with Crippen molar-refractivity contribution in [2.45, 2.75) is 41.2 Å². The van der Waals surface area contributed by atoms with Crippen molar-refractivity contribution in [3.05, 3.63) is 94.3 Å². The maximum atomic E-state index is 2.39. The molecule has 0 saturated heterocycles. The van der Waals surface area contributed by atoms with Gasteiger partial charge < -0.3 is 17.0 Å². The third kappa shape index (κ3) is 3.64. The summed E-state index contributed by atoms with van der Waals surface area (Å²) >= 11 is 0. The second-order valence-corrected chi connectivity index (χ2v) is 7.80. The summed E-state index contributed by atoms with van der Waals surface area (Å²) in [5.74, 6) is 0. The van der Waals surface area contributed by atoms with E-state index in [0.29, 0.717) is 0 Å². The van der Waals surface area contributed by atoms with Crippen LogP contribution in [0, 0.1) is 34.6 Å². The van der Waals surface area contributed by atoms with Crippen LogP contribution in [0.3, 0.4) is 0 Å². The van der Waals surface area contributed by atoms with E-state index in [-0.39, 0.29) is 17.0 Å². The van der Waals surface area contributed by atoms with Gasteiger partial charge in [0.05, 0.1) is 0 Å². The van der Waals surface area contributed by atoms with Crippen molar-refractivity contribution in [1.29, 1.82) is 0 Å². The molecule has 0 N–H and O–H groups in total. The molecule has 144 valence electrons. The monoisotopic (exact) mass is 434 g/mol. The molecule has 0 saturated carbocycles. The smallest absolute Gasteiger partial charge is 0.250 e. The number of fused-ring (bicyclic) bond motifs is 1. The Labute approximate surface area is 178 Å². The van der Waals surface area contributed by atoms with E-state index >= 15 is 0 Å². The van der Waals surface area contributed by atoms with Crippen molar-refractivity contribution in [3.8, 4) is 5.69 Å². The molecule has 0 fully saturated rings. The third-order valence-electron chi connectivity index (χ3n) is 5.30. The maximum Gasteiger partial charge on any atom is 0.250 e. The van der Waals surface area contributed by atoms with Gasteiger partial charge in [-0.05, 0) is 62.9 Å². The fourth-order valence-corrected chi connectivity index (χ4v) is 4.38. The summed E-state index contributed by atoms with van der Waals surface area (Å²) in [6.45, 7) is 11.9. The van der Waals surface area contributed by atoms with E-state index < -0.39 is 0 Å². The fraction of sp³-hybridized carbons (Fsp3) is 0.240. The number of benzene rings is 3. The largest absolute Gasteiger partial charge is 1.00 e. The summed E-state index contributed by atoms with van der Waals surface area (Å²) < 4.78 is 4.76. The van der Waals surface area contributed by atoms with Crippen LogP contribution in [0.25, 0.3) is 16.7 Å². The summed E-state index contributed by atoms with van der Waals surface area (Å²) in [4.78, 5) is 0. The number of aromatic nitrogens is 2. The zero-order chi connectivity index (χ0) is 19.1. The minimum atomic E-state index is 0. The number of nitrogens with zero attached hydrogens (tertiary/aromatic N) is 2. The zero-order valence-corrected chi connectivity index (χ0v) is 18.8. The Morgan fingerprint density at radius 2 is 1.32 bits per heavy atom. The molecule has 2 nitrogen and oxygen atoms in total. The lowest BCUT2D eigenvalue weighted by molar-refractivity contribution is -0.663. The van der Waals surface area contributed by atoms with E-state index in [9.17, 15) is 0 Å². The van der Waals surface area contributed by atoms with E-state index in [1.54, 1.807) is 0 Å². The molecule has 0 atom stereocenters. The quantitative estimate of drug-likeness (QED) is 0.438. The summed E-state index contributed by atoms with van der Waals surface area (Å²) in [6.07, 6.45) is 2.27. The van der Waals surface area contributed by atoms with Gasteiger partial charge in [0.2, 0.25) is 6.33 Å². The third-order valence-corrected chi connectivity index (χ3v) is 5.30.